The lowest BCUT2D eigenvalue weighted by atomic mass is 10.2. The zero-order chi connectivity index (χ0) is 20.2. The smallest absolute Gasteiger partial charge is 0.252 e. The molecule has 3 aromatic rings. The summed E-state index contributed by atoms with van der Waals surface area (Å²) in [5.74, 6) is 0.322. The minimum Gasteiger partial charge on any atom is -0.504 e. The zero-order valence-electron chi connectivity index (χ0n) is 15.7. The van der Waals surface area contributed by atoms with E-state index in [0.29, 0.717) is 5.75 Å². The van der Waals surface area contributed by atoms with Crippen LogP contribution < -0.4 is 15.1 Å². The predicted molar refractivity (Wildman–Crippen MR) is 114 cm³/mol. The number of phenols is 1. The van der Waals surface area contributed by atoms with Crippen LogP contribution in [0.5, 0.6) is 11.5 Å². The maximum atomic E-state index is 13.0. The van der Waals surface area contributed by atoms with Gasteiger partial charge in [-0.25, -0.2) is 0 Å². The van der Waals surface area contributed by atoms with Crippen molar-refractivity contribution in [1.29, 1.82) is 0 Å². The Balaban J connectivity index is 1.49. The highest BCUT2D eigenvalue weighted by Crippen LogP contribution is 2.47. The first-order valence-electron chi connectivity index (χ1n) is 8.99. The number of hydrogen-bond acceptors (Lipinski definition) is 6. The zero-order valence-corrected chi connectivity index (χ0v) is 16.5. The number of ether oxygens (including phenoxy) is 1. The van der Waals surface area contributed by atoms with Crippen LogP contribution in [0.2, 0.25) is 0 Å². The standard InChI is InChI=1S/C22H19N3O3S/c1-28-19-12-15(10-11-18(19)26)13-23-24-14-22(27)25-16-6-2-4-8-20(16)29-21-9-5-3-7-17(21)25/h2-13,24,26H,14H2,1H3/b23-13+. The molecule has 0 fully saturated rings. The molecular weight excluding hydrogens is 386 g/mol. The number of methoxy groups -OCH3 is 1. The minimum absolute atomic E-state index is 0.0407. The number of hydrazone groups is 1. The number of carbonyl (C=O) groups is 1. The number of nitrogens with one attached hydrogen (secondary N) is 1. The number of rotatable bonds is 5. The quantitative estimate of drug-likeness (QED) is 0.493. The van der Waals surface area contributed by atoms with Crippen LogP contribution in [0.25, 0.3) is 0 Å². The van der Waals surface area contributed by atoms with Gasteiger partial charge in [-0.3, -0.25) is 9.69 Å². The Morgan fingerprint density at radius 1 is 1.10 bits per heavy atom. The number of hydrogen-bond donors (Lipinski definition) is 2. The number of amides is 1. The fraction of sp³-hybridized carbons (Fsp3) is 0.0909. The van der Waals surface area contributed by atoms with Gasteiger partial charge in [-0.2, -0.15) is 5.10 Å². The minimum atomic E-state index is -0.106. The molecule has 1 aliphatic heterocycles. The Morgan fingerprint density at radius 3 is 2.41 bits per heavy atom. The molecule has 6 nitrogen and oxygen atoms in total. The van der Waals surface area contributed by atoms with Gasteiger partial charge in [0, 0.05) is 9.79 Å². The molecule has 1 heterocycles. The molecule has 4 rings (SSSR count). The van der Waals surface area contributed by atoms with Gasteiger partial charge < -0.3 is 15.3 Å². The number of aromatic hydroxyl groups is 1. The van der Waals surface area contributed by atoms with Gasteiger partial charge in [-0.1, -0.05) is 36.0 Å². The molecule has 0 bridgehead atoms. The third kappa shape index (κ3) is 3.90. The summed E-state index contributed by atoms with van der Waals surface area (Å²) in [7, 11) is 1.49. The Kier molecular flexibility index (Phi) is 5.39. The van der Waals surface area contributed by atoms with Gasteiger partial charge >= 0.3 is 0 Å². The second-order valence-electron chi connectivity index (χ2n) is 6.29. The molecule has 0 saturated heterocycles. The molecule has 1 amide bonds. The molecule has 0 aromatic heterocycles. The predicted octanol–water partition coefficient (Wildman–Crippen LogP) is 4.15. The van der Waals surface area contributed by atoms with Crippen molar-refractivity contribution in [2.45, 2.75) is 9.79 Å². The van der Waals surface area contributed by atoms with E-state index >= 15 is 0 Å². The first kappa shape index (κ1) is 18.9. The highest BCUT2D eigenvalue weighted by Gasteiger charge is 2.27. The fourth-order valence-electron chi connectivity index (χ4n) is 3.06. The summed E-state index contributed by atoms with van der Waals surface area (Å²) >= 11 is 1.66. The van der Waals surface area contributed by atoms with Crippen molar-refractivity contribution in [2.75, 3.05) is 18.6 Å². The summed E-state index contributed by atoms with van der Waals surface area (Å²) in [4.78, 5) is 16.8. The molecule has 0 radical (unpaired) electrons. The van der Waals surface area contributed by atoms with Crippen molar-refractivity contribution in [3.8, 4) is 11.5 Å². The summed E-state index contributed by atoms with van der Waals surface area (Å²) in [5, 5.41) is 13.8. The average molecular weight is 405 g/mol. The van der Waals surface area contributed by atoms with Crippen LogP contribution in [0, 0.1) is 0 Å². The van der Waals surface area contributed by atoms with E-state index in [1.54, 1.807) is 35.0 Å². The monoisotopic (exact) mass is 405 g/mol. The molecular formula is C22H19N3O3S. The highest BCUT2D eigenvalue weighted by atomic mass is 32.2. The van der Waals surface area contributed by atoms with Crippen molar-refractivity contribution in [3.05, 3.63) is 72.3 Å². The van der Waals surface area contributed by atoms with Crippen molar-refractivity contribution in [3.63, 3.8) is 0 Å². The third-order valence-electron chi connectivity index (χ3n) is 4.42. The molecule has 7 heteroatoms. The molecule has 3 aromatic carbocycles. The van der Waals surface area contributed by atoms with E-state index in [4.69, 9.17) is 4.74 Å². The van der Waals surface area contributed by atoms with E-state index in [1.807, 2.05) is 48.5 Å². The number of anilines is 2. The molecule has 0 unspecified atom stereocenters. The van der Waals surface area contributed by atoms with Crippen LogP contribution in [0.15, 0.2) is 81.6 Å². The Morgan fingerprint density at radius 2 is 1.76 bits per heavy atom. The van der Waals surface area contributed by atoms with Crippen LogP contribution in [0.4, 0.5) is 11.4 Å². The maximum absolute atomic E-state index is 13.0. The largest absolute Gasteiger partial charge is 0.504 e. The van der Waals surface area contributed by atoms with Crippen molar-refractivity contribution in [2.24, 2.45) is 5.10 Å². The van der Waals surface area contributed by atoms with Crippen LogP contribution >= 0.6 is 11.8 Å². The normalized spacial score (nSPS) is 12.4. The van der Waals surface area contributed by atoms with Crippen LogP contribution in [0.3, 0.4) is 0 Å². The molecule has 29 heavy (non-hydrogen) atoms. The fourth-order valence-corrected chi connectivity index (χ4v) is 4.12. The molecule has 146 valence electrons. The number of phenolic OH excluding ortho intramolecular Hbond substituents is 1. The molecule has 0 aliphatic carbocycles. The lowest BCUT2D eigenvalue weighted by Crippen LogP contribution is -2.35. The van der Waals surface area contributed by atoms with Gasteiger partial charge in [0.05, 0.1) is 24.7 Å². The van der Waals surface area contributed by atoms with E-state index in [0.717, 1.165) is 26.7 Å². The molecule has 2 N–H and O–H groups in total. The van der Waals surface area contributed by atoms with Gasteiger partial charge in [0.1, 0.15) is 6.54 Å². The third-order valence-corrected chi connectivity index (χ3v) is 5.55. The first-order chi connectivity index (χ1) is 14.2. The van der Waals surface area contributed by atoms with Gasteiger partial charge in [0.25, 0.3) is 5.91 Å². The lowest BCUT2D eigenvalue weighted by molar-refractivity contribution is -0.117. The first-order valence-corrected chi connectivity index (χ1v) is 9.81. The Bertz CT molecular complexity index is 1040. The van der Waals surface area contributed by atoms with E-state index in [9.17, 15) is 9.90 Å². The van der Waals surface area contributed by atoms with Crippen LogP contribution in [-0.2, 0) is 4.79 Å². The Hall–Kier alpha value is -3.45. The van der Waals surface area contributed by atoms with Gasteiger partial charge in [-0.05, 0) is 48.0 Å². The van der Waals surface area contributed by atoms with Crippen molar-refractivity contribution < 1.29 is 14.6 Å². The van der Waals surface area contributed by atoms with E-state index in [-0.39, 0.29) is 18.2 Å². The maximum Gasteiger partial charge on any atom is 0.252 e. The summed E-state index contributed by atoms with van der Waals surface area (Å²) in [6, 6.07) is 20.6. The number of benzene rings is 3. The van der Waals surface area contributed by atoms with Crippen molar-refractivity contribution in [1.82, 2.24) is 5.43 Å². The average Bonchev–Trinajstić information content (AvgIpc) is 2.75. The second kappa shape index (κ2) is 8.28. The highest BCUT2D eigenvalue weighted by molar-refractivity contribution is 7.99. The molecule has 0 saturated carbocycles. The molecule has 0 spiro atoms. The number of nitrogens with zero attached hydrogens (tertiary/aromatic N) is 2. The molecule has 1 aliphatic rings. The number of fused-ring (bicyclic) bond motifs is 2. The van der Waals surface area contributed by atoms with Gasteiger partial charge in [0.2, 0.25) is 0 Å². The van der Waals surface area contributed by atoms with E-state index < -0.39 is 0 Å². The van der Waals surface area contributed by atoms with Crippen molar-refractivity contribution >= 4 is 35.3 Å². The summed E-state index contributed by atoms with van der Waals surface area (Å²) < 4.78 is 5.08. The van der Waals surface area contributed by atoms with E-state index in [2.05, 4.69) is 10.5 Å². The summed E-state index contributed by atoms with van der Waals surface area (Å²) in [5.41, 5.74) is 5.29. The van der Waals surface area contributed by atoms with Crippen LogP contribution in [0.1, 0.15) is 5.56 Å². The number of para-hydroxylation sites is 2. The SMILES string of the molecule is COc1cc(/C=N/NCC(=O)N2c3ccccc3Sc3ccccc32)ccc1O. The topological polar surface area (TPSA) is 74.2 Å². The Labute approximate surface area is 172 Å². The summed E-state index contributed by atoms with van der Waals surface area (Å²) in [6.07, 6.45) is 1.57. The summed E-state index contributed by atoms with van der Waals surface area (Å²) in [6.45, 7) is 0.0407. The molecule has 0 atom stereocenters. The van der Waals surface area contributed by atoms with E-state index in [1.165, 1.54) is 13.2 Å². The van der Waals surface area contributed by atoms with Gasteiger partial charge in [-0.15, -0.1) is 0 Å². The second-order valence-corrected chi connectivity index (χ2v) is 7.37. The van der Waals surface area contributed by atoms with Gasteiger partial charge in [0.15, 0.2) is 11.5 Å². The van der Waals surface area contributed by atoms with Crippen LogP contribution in [-0.4, -0.2) is 30.9 Å². The number of carbonyl (C=O) groups excluding carboxylic acids is 1. The lowest BCUT2D eigenvalue weighted by Gasteiger charge is -2.30.